The summed E-state index contributed by atoms with van der Waals surface area (Å²) < 4.78 is 0.903. The van der Waals surface area contributed by atoms with E-state index in [4.69, 9.17) is 0 Å². The van der Waals surface area contributed by atoms with Gasteiger partial charge in [-0.05, 0) is 66.8 Å². The molecule has 0 radical (unpaired) electrons. The lowest BCUT2D eigenvalue weighted by atomic mass is 9.99. The second-order valence-corrected chi connectivity index (χ2v) is 6.91. The highest BCUT2D eigenvalue weighted by molar-refractivity contribution is 9.10. The third-order valence-corrected chi connectivity index (χ3v) is 5.48. The number of rotatable bonds is 2. The van der Waals surface area contributed by atoms with Crippen LogP contribution in [0.5, 0.6) is 0 Å². The molecule has 2 heterocycles. The molecule has 0 spiro atoms. The van der Waals surface area contributed by atoms with Crippen molar-refractivity contribution >= 4 is 21.6 Å². The lowest BCUT2D eigenvalue weighted by molar-refractivity contribution is 0.141. The molecule has 3 nitrogen and oxygen atoms in total. The largest absolute Gasteiger partial charge is 0.370 e. The minimum atomic E-state index is 0.749. The van der Waals surface area contributed by atoms with Crippen LogP contribution in [0.2, 0.25) is 0 Å². The maximum atomic E-state index is 9.37. The zero-order valence-electron chi connectivity index (χ0n) is 12.4. The van der Waals surface area contributed by atoms with Crippen LogP contribution in [-0.2, 0) is 0 Å². The molecule has 1 aromatic carbocycles. The Hall–Kier alpha value is -1.05. The first kappa shape index (κ1) is 14.9. The molecule has 112 valence electrons. The SMILES string of the molecule is N#Cc1c(Br)cccc1N1CCC(N2CCCCC2)CC1. The molecule has 0 N–H and O–H groups in total. The van der Waals surface area contributed by atoms with Gasteiger partial charge in [0.2, 0.25) is 0 Å². The van der Waals surface area contributed by atoms with E-state index in [0.717, 1.165) is 34.9 Å². The van der Waals surface area contributed by atoms with Crippen LogP contribution >= 0.6 is 15.9 Å². The van der Waals surface area contributed by atoms with Crippen molar-refractivity contribution in [1.29, 1.82) is 5.26 Å². The van der Waals surface area contributed by atoms with Crippen molar-refractivity contribution in [3.63, 3.8) is 0 Å². The fourth-order valence-corrected chi connectivity index (χ4v) is 4.09. The van der Waals surface area contributed by atoms with Crippen LogP contribution in [0.25, 0.3) is 0 Å². The standard InChI is InChI=1S/C17H22BrN3/c18-16-5-4-6-17(15(16)13-19)21-11-7-14(8-12-21)20-9-2-1-3-10-20/h4-6,14H,1-3,7-12H2. The van der Waals surface area contributed by atoms with Gasteiger partial charge in [0.05, 0.1) is 11.3 Å². The highest BCUT2D eigenvalue weighted by atomic mass is 79.9. The molecule has 0 aromatic heterocycles. The summed E-state index contributed by atoms with van der Waals surface area (Å²) in [5, 5.41) is 9.37. The number of benzene rings is 1. The van der Waals surface area contributed by atoms with E-state index >= 15 is 0 Å². The Morgan fingerprint density at radius 2 is 1.76 bits per heavy atom. The monoisotopic (exact) mass is 347 g/mol. The number of nitrogens with zero attached hydrogens (tertiary/aromatic N) is 3. The fraction of sp³-hybridized carbons (Fsp3) is 0.588. The Bertz CT molecular complexity index is 523. The first-order valence-corrected chi connectivity index (χ1v) is 8.76. The van der Waals surface area contributed by atoms with Crippen LogP contribution in [0.1, 0.15) is 37.7 Å². The Morgan fingerprint density at radius 3 is 2.43 bits per heavy atom. The minimum Gasteiger partial charge on any atom is -0.370 e. The van der Waals surface area contributed by atoms with Crippen LogP contribution in [0, 0.1) is 11.3 Å². The highest BCUT2D eigenvalue weighted by Gasteiger charge is 2.26. The summed E-state index contributed by atoms with van der Waals surface area (Å²) in [7, 11) is 0. The predicted molar refractivity (Wildman–Crippen MR) is 89.5 cm³/mol. The minimum absolute atomic E-state index is 0.749. The van der Waals surface area contributed by atoms with Crippen LogP contribution < -0.4 is 4.90 Å². The molecule has 2 aliphatic heterocycles. The van der Waals surface area contributed by atoms with Gasteiger partial charge < -0.3 is 9.80 Å². The van der Waals surface area contributed by atoms with Gasteiger partial charge in [-0.15, -0.1) is 0 Å². The molecule has 0 saturated carbocycles. The topological polar surface area (TPSA) is 30.3 Å². The summed E-state index contributed by atoms with van der Waals surface area (Å²) in [5.74, 6) is 0. The van der Waals surface area contributed by atoms with E-state index in [1.54, 1.807) is 0 Å². The number of likely N-dealkylation sites (tertiary alicyclic amines) is 1. The summed E-state index contributed by atoms with van der Waals surface area (Å²) in [6, 6.07) is 9.13. The van der Waals surface area contributed by atoms with E-state index in [1.807, 2.05) is 12.1 Å². The van der Waals surface area contributed by atoms with E-state index in [-0.39, 0.29) is 0 Å². The maximum Gasteiger partial charge on any atom is 0.103 e. The molecular formula is C17H22BrN3. The van der Waals surface area contributed by atoms with Gasteiger partial charge in [0, 0.05) is 23.6 Å². The number of hydrogen-bond acceptors (Lipinski definition) is 3. The molecule has 3 rings (SSSR count). The second kappa shape index (κ2) is 6.81. The van der Waals surface area contributed by atoms with E-state index < -0.39 is 0 Å². The Labute approximate surface area is 135 Å². The van der Waals surface area contributed by atoms with Gasteiger partial charge in [-0.25, -0.2) is 0 Å². The normalized spacial score (nSPS) is 21.2. The summed E-state index contributed by atoms with van der Waals surface area (Å²) in [5.41, 5.74) is 1.86. The van der Waals surface area contributed by atoms with Crippen LogP contribution in [0.4, 0.5) is 5.69 Å². The van der Waals surface area contributed by atoms with Crippen LogP contribution in [-0.4, -0.2) is 37.1 Å². The number of piperidine rings is 2. The van der Waals surface area contributed by atoms with Crippen molar-refractivity contribution in [2.75, 3.05) is 31.1 Å². The third-order valence-electron chi connectivity index (χ3n) is 4.82. The lowest BCUT2D eigenvalue weighted by Crippen LogP contribution is -2.46. The molecular weight excluding hydrogens is 326 g/mol. The Balaban J connectivity index is 1.66. The zero-order valence-corrected chi connectivity index (χ0v) is 14.0. The van der Waals surface area contributed by atoms with E-state index in [1.165, 1.54) is 45.2 Å². The van der Waals surface area contributed by atoms with Gasteiger partial charge in [-0.3, -0.25) is 0 Å². The molecule has 1 aromatic rings. The number of hydrogen-bond donors (Lipinski definition) is 0. The van der Waals surface area contributed by atoms with E-state index in [9.17, 15) is 5.26 Å². The fourth-order valence-electron chi connectivity index (χ4n) is 3.64. The van der Waals surface area contributed by atoms with Crippen molar-refractivity contribution in [3.8, 4) is 6.07 Å². The van der Waals surface area contributed by atoms with Crippen molar-refractivity contribution in [1.82, 2.24) is 4.90 Å². The van der Waals surface area contributed by atoms with E-state index in [0.29, 0.717) is 0 Å². The molecule has 21 heavy (non-hydrogen) atoms. The summed E-state index contributed by atoms with van der Waals surface area (Å²) in [6.45, 7) is 4.69. The average Bonchev–Trinajstić information content (AvgIpc) is 2.55. The number of nitriles is 1. The van der Waals surface area contributed by atoms with Gasteiger partial charge in [0.15, 0.2) is 0 Å². The average molecular weight is 348 g/mol. The van der Waals surface area contributed by atoms with Gasteiger partial charge in [-0.1, -0.05) is 12.5 Å². The molecule has 0 aliphatic carbocycles. The first-order chi connectivity index (χ1) is 10.3. The number of anilines is 1. The smallest absolute Gasteiger partial charge is 0.103 e. The molecule has 4 heteroatoms. The number of halogens is 1. The molecule has 0 amide bonds. The second-order valence-electron chi connectivity index (χ2n) is 6.06. The van der Waals surface area contributed by atoms with Gasteiger partial charge in [-0.2, -0.15) is 5.26 Å². The molecule has 2 aliphatic rings. The maximum absolute atomic E-state index is 9.37. The lowest BCUT2D eigenvalue weighted by Gasteiger charge is -2.41. The van der Waals surface area contributed by atoms with Gasteiger partial charge in [0.25, 0.3) is 0 Å². The molecule has 0 atom stereocenters. The van der Waals surface area contributed by atoms with Crippen molar-refractivity contribution in [2.45, 2.75) is 38.1 Å². The molecule has 0 bridgehead atoms. The highest BCUT2D eigenvalue weighted by Crippen LogP contribution is 2.30. The van der Waals surface area contributed by atoms with Crippen LogP contribution in [0.15, 0.2) is 22.7 Å². The quantitative estimate of drug-likeness (QED) is 0.815. The van der Waals surface area contributed by atoms with Crippen molar-refractivity contribution in [2.24, 2.45) is 0 Å². The third kappa shape index (κ3) is 3.25. The predicted octanol–water partition coefficient (Wildman–Crippen LogP) is 3.78. The molecule has 2 fully saturated rings. The Morgan fingerprint density at radius 1 is 1.05 bits per heavy atom. The van der Waals surface area contributed by atoms with Crippen molar-refractivity contribution < 1.29 is 0 Å². The van der Waals surface area contributed by atoms with Gasteiger partial charge in [0.1, 0.15) is 6.07 Å². The van der Waals surface area contributed by atoms with E-state index in [2.05, 4.69) is 37.9 Å². The van der Waals surface area contributed by atoms with Gasteiger partial charge >= 0.3 is 0 Å². The summed E-state index contributed by atoms with van der Waals surface area (Å²) in [4.78, 5) is 5.07. The molecule has 2 saturated heterocycles. The zero-order chi connectivity index (χ0) is 14.7. The van der Waals surface area contributed by atoms with Crippen molar-refractivity contribution in [3.05, 3.63) is 28.2 Å². The molecule has 0 unspecified atom stereocenters. The Kier molecular flexibility index (Phi) is 4.82. The van der Waals surface area contributed by atoms with Crippen LogP contribution in [0.3, 0.4) is 0 Å². The summed E-state index contributed by atoms with van der Waals surface area (Å²) >= 11 is 3.49. The summed E-state index contributed by atoms with van der Waals surface area (Å²) in [6.07, 6.45) is 6.57. The first-order valence-electron chi connectivity index (χ1n) is 7.97.